The van der Waals surface area contributed by atoms with Crippen LogP contribution in [0.15, 0.2) is 52.0 Å². The maximum Gasteiger partial charge on any atom is 0.208 e. The summed E-state index contributed by atoms with van der Waals surface area (Å²) in [5.41, 5.74) is 6.26. The molecule has 1 saturated heterocycles. The van der Waals surface area contributed by atoms with E-state index in [1.807, 2.05) is 42.5 Å². The molecule has 4 nitrogen and oxygen atoms in total. The summed E-state index contributed by atoms with van der Waals surface area (Å²) in [4.78, 5) is 12.1. The number of hydrogen-bond acceptors (Lipinski definition) is 5. The highest BCUT2D eigenvalue weighted by molar-refractivity contribution is 8.13. The lowest BCUT2D eigenvalue weighted by molar-refractivity contribution is 0.396. The predicted octanol–water partition coefficient (Wildman–Crippen LogP) is 5.44. The molecule has 0 unspecified atom stereocenters. The lowest BCUT2D eigenvalue weighted by Crippen LogP contribution is -2.35. The molecule has 2 aromatic rings. The van der Waals surface area contributed by atoms with Crippen molar-refractivity contribution in [3.8, 4) is 6.19 Å². The van der Waals surface area contributed by atoms with Crippen molar-refractivity contribution in [1.29, 1.82) is 5.26 Å². The Morgan fingerprint density at radius 2 is 2.14 bits per heavy atom. The molecule has 0 bridgehead atoms. The Labute approximate surface area is 178 Å². The summed E-state index contributed by atoms with van der Waals surface area (Å²) in [6.45, 7) is 1.72. The summed E-state index contributed by atoms with van der Waals surface area (Å²) in [5, 5.41) is 10.5. The molecule has 1 fully saturated rings. The third kappa shape index (κ3) is 3.80. The Kier molecular flexibility index (Phi) is 5.96. The van der Waals surface area contributed by atoms with Gasteiger partial charge in [-0.15, -0.1) is 16.8 Å². The number of nitrogens with zero attached hydrogens (tertiary/aromatic N) is 4. The van der Waals surface area contributed by atoms with Gasteiger partial charge in [0.25, 0.3) is 0 Å². The van der Waals surface area contributed by atoms with Crippen LogP contribution in [-0.2, 0) is 5.75 Å². The maximum atomic E-state index is 8.92. The number of nitriles is 1. The zero-order chi connectivity index (χ0) is 19.5. The monoisotopic (exact) mass is 426 g/mol. The van der Waals surface area contributed by atoms with E-state index in [1.54, 1.807) is 0 Å². The van der Waals surface area contributed by atoms with Crippen LogP contribution in [0.25, 0.3) is 5.57 Å². The first-order valence-electron chi connectivity index (χ1n) is 9.06. The molecule has 1 aromatic heterocycles. The van der Waals surface area contributed by atoms with Crippen LogP contribution < -0.4 is 0 Å². The van der Waals surface area contributed by atoms with Crippen LogP contribution >= 0.6 is 35.1 Å². The number of likely N-dealkylation sites (tertiary alicyclic amines) is 1. The molecule has 0 N–H and O–H groups in total. The molecule has 2 aliphatic rings. The molecule has 3 heterocycles. The number of fused-ring (bicyclic) bond motifs is 2. The lowest BCUT2D eigenvalue weighted by atomic mass is 9.89. The van der Waals surface area contributed by atoms with Crippen molar-refractivity contribution in [2.45, 2.75) is 23.5 Å². The molecule has 0 saturated carbocycles. The van der Waals surface area contributed by atoms with E-state index in [0.717, 1.165) is 47.6 Å². The van der Waals surface area contributed by atoms with Gasteiger partial charge >= 0.3 is 0 Å². The summed E-state index contributed by atoms with van der Waals surface area (Å²) < 4.78 is 0. The molecule has 0 spiro atoms. The molecule has 0 amide bonds. The fourth-order valence-electron chi connectivity index (χ4n) is 3.75. The summed E-state index contributed by atoms with van der Waals surface area (Å²) in [5.74, 6) is 0.894. The Hall–Kier alpha value is -1.94. The zero-order valence-corrected chi connectivity index (χ0v) is 17.9. The van der Waals surface area contributed by atoms with Crippen LogP contribution in [0.1, 0.15) is 29.7 Å². The number of pyridine rings is 1. The van der Waals surface area contributed by atoms with Crippen LogP contribution in [0.2, 0.25) is 5.02 Å². The number of aromatic nitrogens is 1. The van der Waals surface area contributed by atoms with Crippen LogP contribution in [0.4, 0.5) is 0 Å². The van der Waals surface area contributed by atoms with Crippen molar-refractivity contribution in [2.75, 3.05) is 19.3 Å². The number of rotatable bonds is 0. The van der Waals surface area contributed by atoms with E-state index in [0.29, 0.717) is 0 Å². The van der Waals surface area contributed by atoms with Gasteiger partial charge in [-0.3, -0.25) is 4.98 Å². The molecule has 1 aromatic carbocycles. The first-order chi connectivity index (χ1) is 13.7. The normalized spacial score (nSPS) is 16.9. The highest BCUT2D eigenvalue weighted by Crippen LogP contribution is 2.43. The molecule has 0 atom stereocenters. The molecular weight excluding hydrogens is 408 g/mol. The first-order valence-corrected chi connectivity index (χ1v) is 11.6. The summed E-state index contributed by atoms with van der Waals surface area (Å²) in [7, 11) is 0. The number of halogens is 1. The highest BCUT2D eigenvalue weighted by Gasteiger charge is 2.26. The van der Waals surface area contributed by atoms with Crippen molar-refractivity contribution in [3.05, 3.63) is 63.9 Å². The number of amidine groups is 1. The molecule has 28 heavy (non-hydrogen) atoms. The average Bonchev–Trinajstić information content (AvgIpc) is 2.89. The average molecular weight is 427 g/mol. The van der Waals surface area contributed by atoms with Gasteiger partial charge in [-0.05, 0) is 48.4 Å². The summed E-state index contributed by atoms with van der Waals surface area (Å²) in [6, 6.07) is 10.3. The van der Waals surface area contributed by atoms with E-state index in [1.165, 1.54) is 38.9 Å². The van der Waals surface area contributed by atoms with Crippen LogP contribution in [-0.4, -0.2) is 34.4 Å². The van der Waals surface area contributed by atoms with E-state index in [4.69, 9.17) is 21.8 Å². The minimum atomic E-state index is 0.765. The van der Waals surface area contributed by atoms with Crippen LogP contribution in [0, 0.1) is 11.5 Å². The quantitative estimate of drug-likeness (QED) is 0.319. The second kappa shape index (κ2) is 8.60. The zero-order valence-electron chi connectivity index (χ0n) is 15.5. The Morgan fingerprint density at radius 3 is 2.89 bits per heavy atom. The minimum absolute atomic E-state index is 0.765. The fraction of sp³-hybridized carbons (Fsp3) is 0.286. The Balaban J connectivity index is 1.77. The van der Waals surface area contributed by atoms with Crippen molar-refractivity contribution in [1.82, 2.24) is 9.88 Å². The number of thioether (sulfide) groups is 2. The van der Waals surface area contributed by atoms with Gasteiger partial charge in [-0.25, -0.2) is 0 Å². The van der Waals surface area contributed by atoms with Gasteiger partial charge in [0, 0.05) is 40.5 Å². The van der Waals surface area contributed by atoms with Crippen LogP contribution in [0.3, 0.4) is 0 Å². The molecule has 142 valence electrons. The standard InChI is InChI=1S/C21H19ClN4S2/c1-27-21(25-13-23)26-9-6-14(7-10-26)19-17-5-4-16(22)11-18(17)28-12-15-3-2-8-24-20(15)19/h2-5,8,11H,6-7,9-10,12H2,1H3. The second-order valence-electron chi connectivity index (χ2n) is 6.60. The second-order valence-corrected chi connectivity index (χ2v) is 8.83. The van der Waals surface area contributed by atoms with Gasteiger partial charge in [0.05, 0.1) is 5.69 Å². The fourth-order valence-corrected chi connectivity index (χ4v) is 5.64. The van der Waals surface area contributed by atoms with Gasteiger partial charge in [0.15, 0.2) is 5.17 Å². The number of benzene rings is 1. The van der Waals surface area contributed by atoms with Crippen LogP contribution in [0.5, 0.6) is 0 Å². The van der Waals surface area contributed by atoms with E-state index < -0.39 is 0 Å². The summed E-state index contributed by atoms with van der Waals surface area (Å²) in [6.07, 6.45) is 7.63. The van der Waals surface area contributed by atoms with Crippen molar-refractivity contribution in [3.63, 3.8) is 0 Å². The van der Waals surface area contributed by atoms with E-state index in [2.05, 4.69) is 28.1 Å². The number of aliphatic imine (C=N–C) groups is 1. The van der Waals surface area contributed by atoms with E-state index in [9.17, 15) is 0 Å². The molecule has 7 heteroatoms. The van der Waals surface area contributed by atoms with Crippen molar-refractivity contribution >= 4 is 45.9 Å². The molecular formula is C21H19ClN4S2. The highest BCUT2D eigenvalue weighted by atomic mass is 35.5. The summed E-state index contributed by atoms with van der Waals surface area (Å²) >= 11 is 9.63. The van der Waals surface area contributed by atoms with Gasteiger partial charge in [0.2, 0.25) is 6.19 Å². The van der Waals surface area contributed by atoms with E-state index in [-0.39, 0.29) is 0 Å². The molecule has 4 rings (SSSR count). The third-order valence-corrected chi connectivity index (χ3v) is 7.10. The van der Waals surface area contributed by atoms with Gasteiger partial charge in [-0.1, -0.05) is 41.1 Å². The minimum Gasteiger partial charge on any atom is -0.350 e. The largest absolute Gasteiger partial charge is 0.350 e. The van der Waals surface area contributed by atoms with Gasteiger partial charge in [-0.2, -0.15) is 5.26 Å². The lowest BCUT2D eigenvalue weighted by Gasteiger charge is -2.31. The van der Waals surface area contributed by atoms with Gasteiger partial charge in [0.1, 0.15) is 0 Å². The predicted molar refractivity (Wildman–Crippen MR) is 119 cm³/mol. The maximum absolute atomic E-state index is 8.92. The Bertz CT molecular complexity index is 1000. The number of hydrogen-bond donors (Lipinski definition) is 0. The smallest absolute Gasteiger partial charge is 0.208 e. The van der Waals surface area contributed by atoms with Crippen molar-refractivity contribution in [2.24, 2.45) is 4.99 Å². The topological polar surface area (TPSA) is 52.3 Å². The van der Waals surface area contributed by atoms with Crippen molar-refractivity contribution < 1.29 is 0 Å². The third-order valence-electron chi connectivity index (χ3n) is 5.04. The Morgan fingerprint density at radius 1 is 1.32 bits per heavy atom. The van der Waals surface area contributed by atoms with E-state index >= 15 is 0 Å². The first kappa shape index (κ1) is 19.4. The molecule has 0 radical (unpaired) electrons. The molecule has 0 aliphatic carbocycles. The number of piperidine rings is 1. The van der Waals surface area contributed by atoms with Gasteiger partial charge < -0.3 is 4.90 Å². The molecule has 2 aliphatic heterocycles. The SMILES string of the molecule is CSC(=NC#N)N1CCC(=C2c3ccc(Cl)cc3SCc3cccnc32)CC1.